The third-order valence-electron chi connectivity index (χ3n) is 4.50. The highest BCUT2D eigenvalue weighted by Gasteiger charge is 2.18. The molecule has 0 bridgehead atoms. The van der Waals surface area contributed by atoms with Crippen LogP contribution in [0.3, 0.4) is 0 Å². The molecule has 1 N–H and O–H groups in total. The second kappa shape index (κ2) is 6.59. The number of furan rings is 1. The van der Waals surface area contributed by atoms with Gasteiger partial charge in [-0.05, 0) is 57.2 Å². The highest BCUT2D eigenvalue weighted by atomic mass is 35.5. The summed E-state index contributed by atoms with van der Waals surface area (Å²) in [5.41, 5.74) is 3.64. The summed E-state index contributed by atoms with van der Waals surface area (Å²) in [5, 5.41) is 4.30. The average Bonchev–Trinajstić information content (AvgIpc) is 3.15. The van der Waals surface area contributed by atoms with E-state index in [1.807, 2.05) is 39.0 Å². The molecule has 5 nitrogen and oxygen atoms in total. The summed E-state index contributed by atoms with van der Waals surface area (Å²) in [6.07, 6.45) is 0. The number of hydrogen-bond donors (Lipinski definition) is 1. The topological polar surface area (TPSA) is 68.3 Å². The third-order valence-corrected chi connectivity index (χ3v) is 4.74. The molecule has 6 heteroatoms. The minimum atomic E-state index is -0.322. The molecule has 27 heavy (non-hydrogen) atoms. The number of fused-ring (bicyclic) bond motifs is 1. The van der Waals surface area contributed by atoms with Gasteiger partial charge in [0.2, 0.25) is 5.89 Å². The molecule has 0 saturated heterocycles. The van der Waals surface area contributed by atoms with Crippen molar-refractivity contribution in [3.05, 3.63) is 70.3 Å². The summed E-state index contributed by atoms with van der Waals surface area (Å²) in [7, 11) is 0. The van der Waals surface area contributed by atoms with Crippen molar-refractivity contribution in [3.63, 3.8) is 0 Å². The Morgan fingerprint density at radius 1 is 1.07 bits per heavy atom. The third kappa shape index (κ3) is 3.22. The summed E-state index contributed by atoms with van der Waals surface area (Å²) in [6, 6.07) is 12.6. The lowest BCUT2D eigenvalue weighted by Crippen LogP contribution is -2.12. The molecule has 2 heterocycles. The number of aromatic nitrogens is 1. The summed E-state index contributed by atoms with van der Waals surface area (Å²) in [5.74, 6) is 1.24. The Bertz CT molecular complexity index is 1150. The molecule has 0 saturated carbocycles. The summed E-state index contributed by atoms with van der Waals surface area (Å²) >= 11 is 6.04. The Morgan fingerprint density at radius 2 is 1.89 bits per heavy atom. The van der Waals surface area contributed by atoms with Gasteiger partial charge in [0.15, 0.2) is 5.76 Å². The minimum Gasteiger partial charge on any atom is -0.451 e. The van der Waals surface area contributed by atoms with E-state index in [1.165, 1.54) is 0 Å². The molecule has 136 valence electrons. The zero-order valence-corrected chi connectivity index (χ0v) is 15.8. The van der Waals surface area contributed by atoms with E-state index in [-0.39, 0.29) is 11.7 Å². The van der Waals surface area contributed by atoms with Crippen LogP contribution in [0.25, 0.3) is 22.4 Å². The lowest BCUT2D eigenvalue weighted by atomic mass is 10.1. The van der Waals surface area contributed by atoms with E-state index < -0.39 is 0 Å². The predicted molar refractivity (Wildman–Crippen MR) is 105 cm³/mol. The molecule has 1 amide bonds. The Balaban J connectivity index is 1.64. The number of hydrogen-bond acceptors (Lipinski definition) is 4. The van der Waals surface area contributed by atoms with Crippen LogP contribution in [0.4, 0.5) is 5.69 Å². The SMILES string of the molecule is Cc1nc(-c2cccc(NC(=O)c3oc4ccc(Cl)cc4c3C)c2)oc1C. The van der Waals surface area contributed by atoms with Crippen molar-refractivity contribution in [1.82, 2.24) is 4.98 Å². The number of benzene rings is 2. The molecule has 0 fully saturated rings. The van der Waals surface area contributed by atoms with Crippen LogP contribution in [0.5, 0.6) is 0 Å². The van der Waals surface area contributed by atoms with E-state index in [4.69, 9.17) is 20.4 Å². The first-order valence-electron chi connectivity index (χ1n) is 8.47. The van der Waals surface area contributed by atoms with Crippen LogP contribution in [0.15, 0.2) is 51.3 Å². The first kappa shape index (κ1) is 17.4. The van der Waals surface area contributed by atoms with E-state index >= 15 is 0 Å². The molecule has 0 atom stereocenters. The van der Waals surface area contributed by atoms with Crippen LogP contribution in [-0.4, -0.2) is 10.9 Å². The van der Waals surface area contributed by atoms with Gasteiger partial charge in [-0.1, -0.05) is 17.7 Å². The average molecular weight is 381 g/mol. The summed E-state index contributed by atoms with van der Waals surface area (Å²) < 4.78 is 11.4. The van der Waals surface area contributed by atoms with Crippen LogP contribution in [0.2, 0.25) is 5.02 Å². The molecule has 2 aromatic carbocycles. The summed E-state index contributed by atoms with van der Waals surface area (Å²) in [6.45, 7) is 5.60. The molecule has 0 unspecified atom stereocenters. The number of nitrogens with zero attached hydrogens (tertiary/aromatic N) is 1. The van der Waals surface area contributed by atoms with Crippen molar-refractivity contribution in [1.29, 1.82) is 0 Å². The minimum absolute atomic E-state index is 0.264. The van der Waals surface area contributed by atoms with Gasteiger partial charge in [0.25, 0.3) is 5.91 Å². The van der Waals surface area contributed by atoms with Crippen molar-refractivity contribution in [2.45, 2.75) is 20.8 Å². The van der Waals surface area contributed by atoms with E-state index in [1.54, 1.807) is 24.3 Å². The number of amides is 1. The molecular weight excluding hydrogens is 364 g/mol. The predicted octanol–water partition coefficient (Wildman–Crippen LogP) is 5.92. The largest absolute Gasteiger partial charge is 0.451 e. The normalized spacial score (nSPS) is 11.1. The van der Waals surface area contributed by atoms with Gasteiger partial charge in [0.1, 0.15) is 11.3 Å². The number of oxazole rings is 1. The Kier molecular flexibility index (Phi) is 4.24. The van der Waals surface area contributed by atoms with Crippen LogP contribution in [-0.2, 0) is 0 Å². The fourth-order valence-corrected chi connectivity index (χ4v) is 3.10. The van der Waals surface area contributed by atoms with Gasteiger partial charge >= 0.3 is 0 Å². The van der Waals surface area contributed by atoms with E-state index in [2.05, 4.69) is 10.3 Å². The van der Waals surface area contributed by atoms with Gasteiger partial charge in [-0.15, -0.1) is 0 Å². The lowest BCUT2D eigenvalue weighted by Gasteiger charge is -2.05. The highest BCUT2D eigenvalue weighted by molar-refractivity contribution is 6.31. The van der Waals surface area contributed by atoms with Gasteiger partial charge in [-0.2, -0.15) is 0 Å². The fourth-order valence-electron chi connectivity index (χ4n) is 2.92. The van der Waals surface area contributed by atoms with Gasteiger partial charge in [0.05, 0.1) is 5.69 Å². The van der Waals surface area contributed by atoms with E-state index in [0.717, 1.165) is 28.0 Å². The molecule has 4 aromatic rings. The number of aryl methyl sites for hydroxylation is 3. The Hall–Kier alpha value is -3.05. The smallest absolute Gasteiger partial charge is 0.291 e. The number of rotatable bonds is 3. The molecular formula is C21H17ClN2O3. The summed E-state index contributed by atoms with van der Waals surface area (Å²) in [4.78, 5) is 17.1. The van der Waals surface area contributed by atoms with Gasteiger partial charge in [0, 0.05) is 27.2 Å². The van der Waals surface area contributed by atoms with Crippen LogP contribution < -0.4 is 5.32 Å². The number of carbonyl (C=O) groups is 1. The van der Waals surface area contributed by atoms with E-state index in [0.29, 0.717) is 22.2 Å². The van der Waals surface area contributed by atoms with Crippen LogP contribution in [0, 0.1) is 20.8 Å². The van der Waals surface area contributed by atoms with Crippen LogP contribution >= 0.6 is 11.6 Å². The second-order valence-electron chi connectivity index (χ2n) is 6.39. The van der Waals surface area contributed by atoms with Gasteiger partial charge in [-0.25, -0.2) is 4.98 Å². The van der Waals surface area contributed by atoms with Gasteiger partial charge < -0.3 is 14.2 Å². The molecule has 2 aromatic heterocycles. The Labute approximate surface area is 161 Å². The maximum absolute atomic E-state index is 12.7. The van der Waals surface area contributed by atoms with Crippen molar-refractivity contribution in [2.75, 3.05) is 5.32 Å². The highest BCUT2D eigenvalue weighted by Crippen LogP contribution is 2.29. The first-order valence-corrected chi connectivity index (χ1v) is 8.84. The molecule has 0 aliphatic rings. The van der Waals surface area contributed by atoms with Crippen molar-refractivity contribution in [3.8, 4) is 11.5 Å². The number of nitrogens with one attached hydrogen (secondary N) is 1. The molecule has 0 spiro atoms. The second-order valence-corrected chi connectivity index (χ2v) is 6.83. The molecule has 0 aliphatic heterocycles. The zero-order valence-electron chi connectivity index (χ0n) is 15.1. The van der Waals surface area contributed by atoms with E-state index in [9.17, 15) is 4.79 Å². The fraction of sp³-hybridized carbons (Fsp3) is 0.143. The zero-order chi connectivity index (χ0) is 19.1. The monoisotopic (exact) mass is 380 g/mol. The van der Waals surface area contributed by atoms with Crippen molar-refractivity contribution >= 4 is 34.2 Å². The maximum Gasteiger partial charge on any atom is 0.291 e. The number of halogens is 1. The van der Waals surface area contributed by atoms with Crippen molar-refractivity contribution < 1.29 is 13.6 Å². The van der Waals surface area contributed by atoms with Crippen LogP contribution in [0.1, 0.15) is 27.6 Å². The number of carbonyl (C=O) groups excluding carboxylic acids is 1. The first-order chi connectivity index (χ1) is 12.9. The molecule has 4 rings (SSSR count). The standard InChI is InChI=1S/C21H17ClN2O3/c1-11-17-10-15(22)7-8-18(17)27-19(11)20(25)24-16-6-4-5-14(9-16)21-23-12(2)13(3)26-21/h4-10H,1-3H3,(H,24,25). The lowest BCUT2D eigenvalue weighted by molar-refractivity contribution is 0.0998. The Morgan fingerprint density at radius 3 is 2.63 bits per heavy atom. The quantitative estimate of drug-likeness (QED) is 0.479. The molecule has 0 aliphatic carbocycles. The number of anilines is 1. The van der Waals surface area contributed by atoms with Gasteiger partial charge in [-0.3, -0.25) is 4.79 Å². The van der Waals surface area contributed by atoms with Crippen molar-refractivity contribution in [2.24, 2.45) is 0 Å². The molecule has 0 radical (unpaired) electrons. The maximum atomic E-state index is 12.7.